The molecule has 0 saturated carbocycles. The summed E-state index contributed by atoms with van der Waals surface area (Å²) < 4.78 is 7.43. The molecular weight excluding hydrogens is 330 g/mol. The summed E-state index contributed by atoms with van der Waals surface area (Å²) in [6.45, 7) is 2.97. The third kappa shape index (κ3) is 3.09. The second-order valence-corrected chi connectivity index (χ2v) is 5.84. The molecule has 8 heteroatoms. The van der Waals surface area contributed by atoms with Crippen molar-refractivity contribution in [3.05, 3.63) is 36.2 Å². The van der Waals surface area contributed by atoms with Gasteiger partial charge in [-0.25, -0.2) is 4.68 Å². The molecule has 1 saturated heterocycles. The van der Waals surface area contributed by atoms with Crippen molar-refractivity contribution in [2.24, 2.45) is 0 Å². The zero-order chi connectivity index (χ0) is 15.6. The van der Waals surface area contributed by atoms with Crippen molar-refractivity contribution >= 4 is 24.0 Å². The lowest BCUT2D eigenvalue weighted by atomic mass is 10.1. The fourth-order valence-electron chi connectivity index (χ4n) is 3.14. The number of hydrogen-bond donors (Lipinski definition) is 1. The van der Waals surface area contributed by atoms with Crippen LogP contribution in [-0.2, 0) is 0 Å². The molecule has 0 unspecified atom stereocenters. The minimum atomic E-state index is -0.124. The van der Waals surface area contributed by atoms with E-state index in [1.807, 2.05) is 28.9 Å². The smallest absolute Gasteiger partial charge is 0.280 e. The standard InChI is InChI=1S/C16H19N5O2.ClH/c22-16(20-9-10-23-15-4-2-1-3-14(15)20)13-11-21(19-18-13)12-5-7-17-8-6-12;/h1-4,11-12,17H,5-10H2;1H. The van der Waals surface area contributed by atoms with Gasteiger partial charge in [-0.3, -0.25) is 9.69 Å². The van der Waals surface area contributed by atoms with E-state index < -0.39 is 0 Å². The van der Waals surface area contributed by atoms with Crippen LogP contribution in [0, 0.1) is 0 Å². The number of halogens is 1. The normalized spacial score (nSPS) is 17.6. The van der Waals surface area contributed by atoms with Crippen LogP contribution < -0.4 is 15.0 Å². The Balaban J connectivity index is 0.00000169. The van der Waals surface area contributed by atoms with Gasteiger partial charge in [-0.1, -0.05) is 17.3 Å². The summed E-state index contributed by atoms with van der Waals surface area (Å²) in [4.78, 5) is 14.5. The van der Waals surface area contributed by atoms with Crippen LogP contribution in [-0.4, -0.2) is 47.1 Å². The second kappa shape index (κ2) is 7.19. The van der Waals surface area contributed by atoms with E-state index >= 15 is 0 Å². The quantitative estimate of drug-likeness (QED) is 0.892. The lowest BCUT2D eigenvalue weighted by Crippen LogP contribution is -2.38. The third-order valence-corrected chi connectivity index (χ3v) is 4.39. The molecule has 1 amide bonds. The van der Waals surface area contributed by atoms with E-state index in [2.05, 4.69) is 15.6 Å². The highest BCUT2D eigenvalue weighted by Crippen LogP contribution is 2.31. The van der Waals surface area contributed by atoms with Gasteiger partial charge in [0.2, 0.25) is 0 Å². The van der Waals surface area contributed by atoms with Gasteiger partial charge < -0.3 is 10.1 Å². The van der Waals surface area contributed by atoms with Crippen LogP contribution in [0.25, 0.3) is 0 Å². The molecule has 24 heavy (non-hydrogen) atoms. The predicted molar refractivity (Wildman–Crippen MR) is 92.0 cm³/mol. The van der Waals surface area contributed by atoms with Gasteiger partial charge in [0.1, 0.15) is 12.4 Å². The number of nitrogens with zero attached hydrogens (tertiary/aromatic N) is 4. The molecule has 0 radical (unpaired) electrons. The number of nitrogens with one attached hydrogen (secondary N) is 1. The van der Waals surface area contributed by atoms with Crippen LogP contribution in [0.15, 0.2) is 30.5 Å². The van der Waals surface area contributed by atoms with Gasteiger partial charge in [0, 0.05) is 0 Å². The van der Waals surface area contributed by atoms with Crippen molar-refractivity contribution < 1.29 is 9.53 Å². The van der Waals surface area contributed by atoms with Gasteiger partial charge in [-0.15, -0.1) is 17.5 Å². The van der Waals surface area contributed by atoms with Gasteiger partial charge in [-0.05, 0) is 38.1 Å². The number of piperidine rings is 1. The van der Waals surface area contributed by atoms with Crippen molar-refractivity contribution in [3.8, 4) is 5.75 Å². The minimum Gasteiger partial charge on any atom is -0.490 e. The highest BCUT2D eigenvalue weighted by molar-refractivity contribution is 6.05. The first-order valence-corrected chi connectivity index (χ1v) is 7.99. The molecule has 0 bridgehead atoms. The zero-order valence-corrected chi connectivity index (χ0v) is 14.0. The number of aromatic nitrogens is 3. The second-order valence-electron chi connectivity index (χ2n) is 5.84. The summed E-state index contributed by atoms with van der Waals surface area (Å²) >= 11 is 0. The van der Waals surface area contributed by atoms with Crippen LogP contribution in [0.5, 0.6) is 5.75 Å². The van der Waals surface area contributed by atoms with Gasteiger partial charge in [0.15, 0.2) is 5.69 Å². The maximum absolute atomic E-state index is 12.8. The highest BCUT2D eigenvalue weighted by atomic mass is 35.5. The Kier molecular flexibility index (Phi) is 5.01. The fraction of sp³-hybridized carbons (Fsp3) is 0.438. The molecule has 1 aromatic carbocycles. The Labute approximate surface area is 146 Å². The minimum absolute atomic E-state index is 0. The Bertz CT molecular complexity index is 714. The molecule has 4 rings (SSSR count). The molecular formula is C16H20ClN5O2. The first-order chi connectivity index (χ1) is 11.3. The van der Waals surface area contributed by atoms with Crippen molar-refractivity contribution in [3.63, 3.8) is 0 Å². The number of carbonyl (C=O) groups excluding carboxylic acids is 1. The maximum atomic E-state index is 12.8. The molecule has 2 aliphatic heterocycles. The van der Waals surface area contributed by atoms with E-state index in [-0.39, 0.29) is 18.3 Å². The van der Waals surface area contributed by atoms with E-state index in [1.165, 1.54) is 0 Å². The Morgan fingerprint density at radius 1 is 1.25 bits per heavy atom. The van der Waals surface area contributed by atoms with Gasteiger partial charge in [-0.2, -0.15) is 0 Å². The average Bonchev–Trinajstić information content (AvgIpc) is 3.11. The van der Waals surface area contributed by atoms with Crippen LogP contribution in [0.2, 0.25) is 0 Å². The summed E-state index contributed by atoms with van der Waals surface area (Å²) in [5.74, 6) is 0.610. The molecule has 2 aromatic rings. The topological polar surface area (TPSA) is 72.3 Å². The van der Waals surface area contributed by atoms with E-state index in [4.69, 9.17) is 4.74 Å². The summed E-state index contributed by atoms with van der Waals surface area (Å²) in [7, 11) is 0. The van der Waals surface area contributed by atoms with Gasteiger partial charge in [0.25, 0.3) is 5.91 Å². The number of rotatable bonds is 2. The van der Waals surface area contributed by atoms with Crippen molar-refractivity contribution in [1.82, 2.24) is 20.3 Å². The van der Waals surface area contributed by atoms with Gasteiger partial charge in [0.05, 0.1) is 24.5 Å². The fourth-order valence-corrected chi connectivity index (χ4v) is 3.14. The number of hydrogen-bond acceptors (Lipinski definition) is 5. The predicted octanol–water partition coefficient (Wildman–Crippen LogP) is 1.66. The summed E-state index contributed by atoms with van der Waals surface area (Å²) in [5.41, 5.74) is 1.18. The number of fused-ring (bicyclic) bond motifs is 1. The molecule has 128 valence electrons. The van der Waals surface area contributed by atoms with Crippen LogP contribution >= 0.6 is 12.4 Å². The largest absolute Gasteiger partial charge is 0.490 e. The first-order valence-electron chi connectivity index (χ1n) is 7.99. The SMILES string of the molecule is Cl.O=C(c1cn(C2CCNCC2)nn1)N1CCOc2ccccc21. The number of ether oxygens (including phenoxy) is 1. The molecule has 1 N–H and O–H groups in total. The highest BCUT2D eigenvalue weighted by Gasteiger charge is 2.27. The van der Waals surface area contributed by atoms with E-state index in [9.17, 15) is 4.79 Å². The Morgan fingerprint density at radius 2 is 2.04 bits per heavy atom. The summed E-state index contributed by atoms with van der Waals surface area (Å²) in [6, 6.07) is 7.90. The molecule has 1 fully saturated rings. The van der Waals surface area contributed by atoms with E-state index in [0.717, 1.165) is 37.4 Å². The van der Waals surface area contributed by atoms with Gasteiger partial charge >= 0.3 is 0 Å². The van der Waals surface area contributed by atoms with Crippen molar-refractivity contribution in [1.29, 1.82) is 0 Å². The molecule has 7 nitrogen and oxygen atoms in total. The third-order valence-electron chi connectivity index (χ3n) is 4.39. The molecule has 3 heterocycles. The van der Waals surface area contributed by atoms with E-state index in [0.29, 0.717) is 24.9 Å². The molecule has 1 aromatic heterocycles. The number of carbonyl (C=O) groups is 1. The Morgan fingerprint density at radius 3 is 2.88 bits per heavy atom. The van der Waals surface area contributed by atoms with Crippen LogP contribution in [0.1, 0.15) is 29.4 Å². The lowest BCUT2D eigenvalue weighted by molar-refractivity contribution is 0.0971. The van der Waals surface area contributed by atoms with Crippen LogP contribution in [0.3, 0.4) is 0 Å². The lowest BCUT2D eigenvalue weighted by Gasteiger charge is -2.28. The molecule has 2 aliphatic rings. The number of anilines is 1. The zero-order valence-electron chi connectivity index (χ0n) is 13.2. The summed E-state index contributed by atoms with van der Waals surface area (Å²) in [6.07, 6.45) is 3.80. The monoisotopic (exact) mass is 349 g/mol. The number of para-hydroxylation sites is 2. The molecule has 0 aliphatic carbocycles. The Hall–Kier alpha value is -2.12. The number of benzene rings is 1. The van der Waals surface area contributed by atoms with Crippen molar-refractivity contribution in [2.45, 2.75) is 18.9 Å². The summed E-state index contributed by atoms with van der Waals surface area (Å²) in [5, 5.41) is 11.6. The first kappa shape index (κ1) is 16.7. The maximum Gasteiger partial charge on any atom is 0.280 e. The van der Waals surface area contributed by atoms with Crippen molar-refractivity contribution in [2.75, 3.05) is 31.1 Å². The molecule has 0 spiro atoms. The number of amides is 1. The van der Waals surface area contributed by atoms with Crippen LogP contribution in [0.4, 0.5) is 5.69 Å². The average molecular weight is 350 g/mol. The van der Waals surface area contributed by atoms with E-state index in [1.54, 1.807) is 11.1 Å². The molecule has 0 atom stereocenters.